The Hall–Kier alpha value is -3.34. The number of ether oxygens (including phenoxy) is 2. The van der Waals surface area contributed by atoms with Crippen LogP contribution in [0.25, 0.3) is 0 Å². The van der Waals surface area contributed by atoms with E-state index in [1.807, 2.05) is 60.7 Å². The molecule has 4 nitrogen and oxygen atoms in total. The van der Waals surface area contributed by atoms with Gasteiger partial charge in [0.25, 0.3) is 0 Å². The number of aliphatic imine (C=N–C) groups is 1. The molecule has 1 aliphatic heterocycles. The molecule has 1 fully saturated rings. The lowest BCUT2D eigenvalue weighted by atomic mass is 10.2. The van der Waals surface area contributed by atoms with Crippen LogP contribution in [-0.2, 0) is 0 Å². The molecule has 4 rings (SSSR count). The van der Waals surface area contributed by atoms with Crippen molar-refractivity contribution in [2.75, 3.05) is 25.1 Å². The van der Waals surface area contributed by atoms with Crippen LogP contribution in [0.1, 0.15) is 18.4 Å². The summed E-state index contributed by atoms with van der Waals surface area (Å²) in [5.74, 6) is 1.82. The number of anilines is 1. The smallest absolute Gasteiger partial charge is 0.169 e. The van der Waals surface area contributed by atoms with Crippen LogP contribution in [0.4, 0.5) is 15.8 Å². The molecule has 0 spiro atoms. The van der Waals surface area contributed by atoms with Crippen LogP contribution in [0.2, 0.25) is 0 Å². The van der Waals surface area contributed by atoms with Gasteiger partial charge in [0.1, 0.15) is 11.6 Å². The summed E-state index contributed by atoms with van der Waals surface area (Å²) in [6.07, 6.45) is 3.92. The lowest BCUT2D eigenvalue weighted by Gasteiger charge is -2.18. The molecule has 0 unspecified atom stereocenters. The molecule has 0 N–H and O–H groups in total. The Morgan fingerprint density at radius 3 is 2.34 bits per heavy atom. The van der Waals surface area contributed by atoms with E-state index < -0.39 is 0 Å². The molecule has 148 valence electrons. The molecule has 0 amide bonds. The molecule has 29 heavy (non-hydrogen) atoms. The minimum absolute atomic E-state index is 0.198. The number of hydrogen-bond donors (Lipinski definition) is 0. The molecule has 1 heterocycles. The summed E-state index contributed by atoms with van der Waals surface area (Å²) in [6, 6.07) is 20.2. The monoisotopic (exact) mass is 390 g/mol. The van der Waals surface area contributed by atoms with Gasteiger partial charge in [0.2, 0.25) is 0 Å². The van der Waals surface area contributed by atoms with Crippen LogP contribution < -0.4 is 14.4 Å². The number of rotatable bonds is 6. The van der Waals surface area contributed by atoms with Gasteiger partial charge < -0.3 is 14.4 Å². The van der Waals surface area contributed by atoms with Gasteiger partial charge in [-0.15, -0.1) is 0 Å². The summed E-state index contributed by atoms with van der Waals surface area (Å²) < 4.78 is 25.6. The quantitative estimate of drug-likeness (QED) is 0.486. The van der Waals surface area contributed by atoms with Crippen LogP contribution >= 0.6 is 0 Å². The molecule has 0 radical (unpaired) electrons. The molecular weight excluding hydrogens is 367 g/mol. The lowest BCUT2D eigenvalue weighted by molar-refractivity contribution is 0.379. The topological polar surface area (TPSA) is 34.1 Å². The summed E-state index contributed by atoms with van der Waals surface area (Å²) in [4.78, 5) is 6.54. The van der Waals surface area contributed by atoms with E-state index in [0.717, 1.165) is 37.2 Å². The van der Waals surface area contributed by atoms with Gasteiger partial charge >= 0.3 is 0 Å². The molecule has 0 bridgehead atoms. The van der Waals surface area contributed by atoms with E-state index in [2.05, 4.69) is 9.89 Å². The van der Waals surface area contributed by atoms with Gasteiger partial charge in [-0.2, -0.15) is 0 Å². The van der Waals surface area contributed by atoms with Crippen molar-refractivity contribution in [3.63, 3.8) is 0 Å². The summed E-state index contributed by atoms with van der Waals surface area (Å²) in [7, 11) is 1.61. The Bertz CT molecular complexity index is 996. The van der Waals surface area contributed by atoms with E-state index in [-0.39, 0.29) is 5.82 Å². The third-order valence-corrected chi connectivity index (χ3v) is 4.91. The molecular formula is C24H23FN2O2. The van der Waals surface area contributed by atoms with Crippen molar-refractivity contribution in [1.29, 1.82) is 0 Å². The van der Waals surface area contributed by atoms with Gasteiger partial charge in [-0.05, 0) is 66.9 Å². The van der Waals surface area contributed by atoms with Crippen molar-refractivity contribution in [2.45, 2.75) is 12.8 Å². The van der Waals surface area contributed by atoms with Crippen molar-refractivity contribution in [3.05, 3.63) is 78.1 Å². The van der Waals surface area contributed by atoms with E-state index in [9.17, 15) is 4.39 Å². The Morgan fingerprint density at radius 1 is 0.931 bits per heavy atom. The first kappa shape index (κ1) is 19.0. The largest absolute Gasteiger partial charge is 0.493 e. The number of benzene rings is 3. The maximum Gasteiger partial charge on any atom is 0.169 e. The van der Waals surface area contributed by atoms with Gasteiger partial charge in [0, 0.05) is 19.3 Å². The first-order valence-electron chi connectivity index (χ1n) is 9.72. The van der Waals surface area contributed by atoms with E-state index in [0.29, 0.717) is 22.9 Å². The zero-order chi connectivity index (χ0) is 20.1. The Morgan fingerprint density at radius 2 is 1.66 bits per heavy atom. The summed E-state index contributed by atoms with van der Waals surface area (Å²) in [5.41, 5.74) is 2.18. The minimum Gasteiger partial charge on any atom is -0.493 e. The SMILES string of the molecule is COc1ccccc1Oc1ccc(N=Cc2ccc(N3CCCC3)c(F)c2)cc1. The number of halogens is 1. The average Bonchev–Trinajstić information content (AvgIpc) is 3.28. The Labute approximate surface area is 170 Å². The highest BCUT2D eigenvalue weighted by atomic mass is 19.1. The molecule has 3 aromatic rings. The van der Waals surface area contributed by atoms with Crippen LogP contribution in [-0.4, -0.2) is 26.4 Å². The van der Waals surface area contributed by atoms with Crippen molar-refractivity contribution < 1.29 is 13.9 Å². The van der Waals surface area contributed by atoms with Crippen molar-refractivity contribution in [3.8, 4) is 17.2 Å². The summed E-state index contributed by atoms with van der Waals surface area (Å²) in [6.45, 7) is 1.85. The number of methoxy groups -OCH3 is 1. The second-order valence-corrected chi connectivity index (χ2v) is 6.91. The Kier molecular flexibility index (Phi) is 5.75. The molecule has 1 saturated heterocycles. The maximum absolute atomic E-state index is 14.4. The Balaban J connectivity index is 1.43. The van der Waals surface area contributed by atoms with Gasteiger partial charge in [0.15, 0.2) is 11.5 Å². The number of nitrogens with zero attached hydrogens (tertiary/aromatic N) is 2. The highest BCUT2D eigenvalue weighted by molar-refractivity contribution is 5.82. The summed E-state index contributed by atoms with van der Waals surface area (Å²) >= 11 is 0. The third-order valence-electron chi connectivity index (χ3n) is 4.91. The van der Waals surface area contributed by atoms with Crippen LogP contribution in [0.3, 0.4) is 0 Å². The number of para-hydroxylation sites is 2. The van der Waals surface area contributed by atoms with E-state index >= 15 is 0 Å². The first-order valence-corrected chi connectivity index (χ1v) is 9.72. The minimum atomic E-state index is -0.198. The normalized spacial score (nSPS) is 13.8. The first-order chi connectivity index (χ1) is 14.2. The van der Waals surface area contributed by atoms with Crippen molar-refractivity contribution in [2.24, 2.45) is 4.99 Å². The van der Waals surface area contributed by atoms with Crippen LogP contribution in [0, 0.1) is 5.82 Å². The second-order valence-electron chi connectivity index (χ2n) is 6.91. The van der Waals surface area contributed by atoms with E-state index in [1.54, 1.807) is 13.3 Å². The fourth-order valence-electron chi connectivity index (χ4n) is 3.40. The molecule has 5 heteroatoms. The third kappa shape index (κ3) is 4.57. The van der Waals surface area contributed by atoms with Crippen LogP contribution in [0.5, 0.6) is 17.2 Å². The predicted molar refractivity (Wildman–Crippen MR) is 115 cm³/mol. The van der Waals surface area contributed by atoms with E-state index in [4.69, 9.17) is 9.47 Å². The standard InChI is InChI=1S/C24H23FN2O2/c1-28-23-6-2-3-7-24(23)29-20-11-9-19(10-12-20)26-17-18-8-13-22(21(25)16-18)27-14-4-5-15-27/h2-3,6-13,16-17H,4-5,14-15H2,1H3. The van der Waals surface area contributed by atoms with Crippen LogP contribution in [0.15, 0.2) is 71.7 Å². The molecule has 0 aromatic heterocycles. The predicted octanol–water partition coefficient (Wildman–Crippen LogP) is 5.98. The zero-order valence-electron chi connectivity index (χ0n) is 16.3. The molecule has 3 aromatic carbocycles. The molecule has 0 saturated carbocycles. The average molecular weight is 390 g/mol. The highest BCUT2D eigenvalue weighted by Crippen LogP contribution is 2.31. The molecule has 0 atom stereocenters. The number of hydrogen-bond acceptors (Lipinski definition) is 4. The van der Waals surface area contributed by atoms with Gasteiger partial charge in [-0.25, -0.2) is 4.39 Å². The fraction of sp³-hybridized carbons (Fsp3) is 0.208. The molecule has 1 aliphatic rings. The van der Waals surface area contributed by atoms with Crippen molar-refractivity contribution in [1.82, 2.24) is 0 Å². The molecule has 0 aliphatic carbocycles. The highest BCUT2D eigenvalue weighted by Gasteiger charge is 2.15. The fourth-order valence-corrected chi connectivity index (χ4v) is 3.40. The van der Waals surface area contributed by atoms with Gasteiger partial charge in [-0.1, -0.05) is 18.2 Å². The maximum atomic E-state index is 14.4. The van der Waals surface area contributed by atoms with E-state index in [1.165, 1.54) is 6.07 Å². The lowest BCUT2D eigenvalue weighted by Crippen LogP contribution is -2.18. The summed E-state index contributed by atoms with van der Waals surface area (Å²) in [5, 5.41) is 0. The zero-order valence-corrected chi connectivity index (χ0v) is 16.3. The van der Waals surface area contributed by atoms with Crippen molar-refractivity contribution >= 4 is 17.6 Å². The van der Waals surface area contributed by atoms with Gasteiger partial charge in [0.05, 0.1) is 18.5 Å². The van der Waals surface area contributed by atoms with Gasteiger partial charge in [-0.3, -0.25) is 4.99 Å². The second kappa shape index (κ2) is 8.78.